The van der Waals surface area contributed by atoms with E-state index in [-0.39, 0.29) is 5.91 Å². The van der Waals surface area contributed by atoms with Gasteiger partial charge in [0, 0.05) is 77.2 Å². The molecule has 0 unspecified atom stereocenters. The highest BCUT2D eigenvalue weighted by molar-refractivity contribution is 5.78. The first-order valence-corrected chi connectivity index (χ1v) is 12.3. The fourth-order valence-corrected chi connectivity index (χ4v) is 5.09. The average molecular weight is 450 g/mol. The molecule has 33 heavy (non-hydrogen) atoms. The first kappa shape index (κ1) is 21.9. The van der Waals surface area contributed by atoms with Gasteiger partial charge in [0.25, 0.3) is 0 Å². The molecule has 3 aliphatic heterocycles. The maximum atomic E-state index is 12.9. The molecule has 1 amide bonds. The van der Waals surface area contributed by atoms with Crippen molar-refractivity contribution < 1.29 is 4.79 Å². The molecule has 3 aliphatic rings. The van der Waals surface area contributed by atoms with E-state index in [1.54, 1.807) is 0 Å². The Morgan fingerprint density at radius 1 is 0.758 bits per heavy atom. The van der Waals surface area contributed by atoms with Crippen molar-refractivity contribution in [3.8, 4) is 0 Å². The van der Waals surface area contributed by atoms with Crippen molar-refractivity contribution in [3.05, 3.63) is 42.2 Å². The SMILES string of the molecule is Cc1nc(N2CCCC2)cc(N2CCN(CC(=O)N3CCN(c4ccccc4)CC3)CC2)n1. The molecule has 1 aromatic carbocycles. The van der Waals surface area contributed by atoms with Crippen LogP contribution in [-0.4, -0.2) is 97.7 Å². The lowest BCUT2D eigenvalue weighted by molar-refractivity contribution is -0.132. The van der Waals surface area contributed by atoms with Gasteiger partial charge in [0.1, 0.15) is 17.5 Å². The van der Waals surface area contributed by atoms with E-state index in [0.717, 1.165) is 82.9 Å². The number of hydrogen-bond donors (Lipinski definition) is 0. The van der Waals surface area contributed by atoms with E-state index in [2.05, 4.69) is 54.9 Å². The predicted molar refractivity (Wildman–Crippen MR) is 132 cm³/mol. The number of piperazine rings is 2. The van der Waals surface area contributed by atoms with Crippen LogP contribution in [-0.2, 0) is 4.79 Å². The molecule has 2 aromatic rings. The third-order valence-corrected chi connectivity index (χ3v) is 7.05. The van der Waals surface area contributed by atoms with Gasteiger partial charge in [-0.15, -0.1) is 0 Å². The minimum absolute atomic E-state index is 0.255. The van der Waals surface area contributed by atoms with Gasteiger partial charge in [-0.3, -0.25) is 9.69 Å². The van der Waals surface area contributed by atoms with Crippen molar-refractivity contribution in [2.75, 3.05) is 86.7 Å². The highest BCUT2D eigenvalue weighted by Crippen LogP contribution is 2.23. The van der Waals surface area contributed by atoms with E-state index < -0.39 is 0 Å². The van der Waals surface area contributed by atoms with Gasteiger partial charge in [-0.2, -0.15) is 0 Å². The summed E-state index contributed by atoms with van der Waals surface area (Å²) in [6, 6.07) is 12.6. The summed E-state index contributed by atoms with van der Waals surface area (Å²) in [6.07, 6.45) is 2.48. The number of rotatable bonds is 5. The molecule has 0 atom stereocenters. The average Bonchev–Trinajstić information content (AvgIpc) is 3.40. The van der Waals surface area contributed by atoms with Crippen LogP contribution in [0.1, 0.15) is 18.7 Å². The fourth-order valence-electron chi connectivity index (χ4n) is 5.09. The maximum absolute atomic E-state index is 12.9. The predicted octanol–water partition coefficient (Wildman–Crippen LogP) is 1.86. The molecule has 0 aliphatic carbocycles. The van der Waals surface area contributed by atoms with E-state index in [9.17, 15) is 4.79 Å². The summed E-state index contributed by atoms with van der Waals surface area (Å²) in [6.45, 7) is 11.6. The molecule has 8 heteroatoms. The number of aromatic nitrogens is 2. The number of aryl methyl sites for hydroxylation is 1. The number of hydrogen-bond acceptors (Lipinski definition) is 7. The van der Waals surface area contributed by atoms with Crippen molar-refractivity contribution in [1.29, 1.82) is 0 Å². The van der Waals surface area contributed by atoms with E-state index in [1.807, 2.05) is 17.9 Å². The van der Waals surface area contributed by atoms with Crippen molar-refractivity contribution in [1.82, 2.24) is 19.8 Å². The number of benzene rings is 1. The molecular formula is C25H35N7O. The second-order valence-electron chi connectivity index (χ2n) is 9.29. The Hall–Kier alpha value is -2.87. The molecule has 0 N–H and O–H groups in total. The smallest absolute Gasteiger partial charge is 0.236 e. The zero-order valence-corrected chi connectivity index (χ0v) is 19.7. The van der Waals surface area contributed by atoms with Crippen LogP contribution in [0.5, 0.6) is 0 Å². The molecule has 0 bridgehead atoms. The number of carbonyl (C=O) groups is 1. The summed E-state index contributed by atoms with van der Waals surface area (Å²) in [5, 5.41) is 0. The fraction of sp³-hybridized carbons (Fsp3) is 0.560. The molecule has 0 radical (unpaired) electrons. The van der Waals surface area contributed by atoms with Gasteiger partial charge >= 0.3 is 0 Å². The Kier molecular flexibility index (Phi) is 6.62. The number of nitrogens with zero attached hydrogens (tertiary/aromatic N) is 7. The van der Waals surface area contributed by atoms with Crippen molar-refractivity contribution in [3.63, 3.8) is 0 Å². The van der Waals surface area contributed by atoms with Gasteiger partial charge in [0.15, 0.2) is 0 Å². The van der Waals surface area contributed by atoms with E-state index in [4.69, 9.17) is 4.98 Å². The van der Waals surface area contributed by atoms with Crippen LogP contribution in [0.4, 0.5) is 17.3 Å². The Labute approximate surface area is 196 Å². The van der Waals surface area contributed by atoms with E-state index in [1.165, 1.54) is 18.5 Å². The van der Waals surface area contributed by atoms with Crippen molar-refractivity contribution in [2.24, 2.45) is 0 Å². The normalized spacial score (nSPS) is 19.9. The molecule has 4 heterocycles. The minimum atomic E-state index is 0.255. The van der Waals surface area contributed by atoms with Gasteiger partial charge < -0.3 is 19.6 Å². The van der Waals surface area contributed by atoms with Crippen molar-refractivity contribution in [2.45, 2.75) is 19.8 Å². The molecule has 8 nitrogen and oxygen atoms in total. The Morgan fingerprint density at radius 2 is 1.33 bits per heavy atom. The lowest BCUT2D eigenvalue weighted by atomic mass is 10.2. The summed E-state index contributed by atoms with van der Waals surface area (Å²) >= 11 is 0. The summed E-state index contributed by atoms with van der Waals surface area (Å²) in [5.74, 6) is 3.17. The van der Waals surface area contributed by atoms with Crippen LogP contribution in [0.25, 0.3) is 0 Å². The minimum Gasteiger partial charge on any atom is -0.368 e. The maximum Gasteiger partial charge on any atom is 0.236 e. The van der Waals surface area contributed by atoms with Gasteiger partial charge in [-0.25, -0.2) is 9.97 Å². The monoisotopic (exact) mass is 449 g/mol. The van der Waals surface area contributed by atoms with Gasteiger partial charge in [-0.1, -0.05) is 18.2 Å². The van der Waals surface area contributed by atoms with Crippen molar-refractivity contribution >= 4 is 23.2 Å². The highest BCUT2D eigenvalue weighted by atomic mass is 16.2. The lowest BCUT2D eigenvalue weighted by Gasteiger charge is -2.39. The molecule has 3 saturated heterocycles. The Bertz CT molecular complexity index is 931. The summed E-state index contributed by atoms with van der Waals surface area (Å²) in [4.78, 5) is 33.7. The third kappa shape index (κ3) is 5.21. The third-order valence-electron chi connectivity index (χ3n) is 7.05. The number of anilines is 3. The zero-order chi connectivity index (χ0) is 22.6. The zero-order valence-electron chi connectivity index (χ0n) is 19.7. The van der Waals surface area contributed by atoms with Gasteiger partial charge in [-0.05, 0) is 31.9 Å². The molecular weight excluding hydrogens is 414 g/mol. The first-order valence-electron chi connectivity index (χ1n) is 12.3. The van der Waals surface area contributed by atoms with E-state index >= 15 is 0 Å². The van der Waals surface area contributed by atoms with E-state index in [0.29, 0.717) is 6.54 Å². The molecule has 0 spiro atoms. The standard InChI is InChI=1S/C25H35N7O/c1-21-26-23(30-9-5-6-10-30)19-24(27-21)31-13-11-28(12-14-31)20-25(33)32-17-15-29(16-18-32)22-7-3-2-4-8-22/h2-4,7-8,19H,5-6,9-18,20H2,1H3. The highest BCUT2D eigenvalue weighted by Gasteiger charge is 2.26. The van der Waals surface area contributed by atoms with Crippen LogP contribution in [0.15, 0.2) is 36.4 Å². The van der Waals surface area contributed by atoms with Crippen LogP contribution in [0, 0.1) is 6.92 Å². The van der Waals surface area contributed by atoms with Crippen LogP contribution in [0.3, 0.4) is 0 Å². The van der Waals surface area contributed by atoms with Gasteiger partial charge in [0.2, 0.25) is 5.91 Å². The quantitative estimate of drug-likeness (QED) is 0.691. The Balaban J connectivity index is 1.10. The summed E-state index contributed by atoms with van der Waals surface area (Å²) < 4.78 is 0. The molecule has 176 valence electrons. The number of amides is 1. The summed E-state index contributed by atoms with van der Waals surface area (Å²) in [5.41, 5.74) is 1.24. The molecule has 5 rings (SSSR count). The lowest BCUT2D eigenvalue weighted by Crippen LogP contribution is -2.54. The van der Waals surface area contributed by atoms with Crippen LogP contribution in [0.2, 0.25) is 0 Å². The topological polar surface area (TPSA) is 59.1 Å². The van der Waals surface area contributed by atoms with Crippen LogP contribution < -0.4 is 14.7 Å². The van der Waals surface area contributed by atoms with Gasteiger partial charge in [0.05, 0.1) is 6.54 Å². The molecule has 3 fully saturated rings. The largest absolute Gasteiger partial charge is 0.368 e. The first-order chi connectivity index (χ1) is 16.2. The number of para-hydroxylation sites is 1. The van der Waals surface area contributed by atoms with Crippen LogP contribution >= 0.6 is 0 Å². The summed E-state index contributed by atoms with van der Waals surface area (Å²) in [7, 11) is 0. The Morgan fingerprint density at radius 3 is 1.97 bits per heavy atom. The second kappa shape index (κ2) is 9.95. The second-order valence-corrected chi connectivity index (χ2v) is 9.29. The number of carbonyl (C=O) groups excluding carboxylic acids is 1. The molecule has 0 saturated carbocycles. The molecule has 1 aromatic heterocycles.